The number of rotatable bonds is 3. The van der Waals surface area contributed by atoms with Crippen LogP contribution in [-0.2, 0) is 0 Å². The molecule has 0 saturated carbocycles. The van der Waals surface area contributed by atoms with E-state index in [1.54, 1.807) is 24.3 Å². The van der Waals surface area contributed by atoms with E-state index in [1.807, 2.05) is 30.1 Å². The topological polar surface area (TPSA) is 44.1 Å². The second-order valence-corrected chi connectivity index (χ2v) is 4.42. The molecular weight excluding hydrogens is 260 g/mol. The summed E-state index contributed by atoms with van der Waals surface area (Å²) < 4.78 is 0. The first-order valence-electron chi connectivity index (χ1n) is 5.65. The number of hydrogen-bond donors (Lipinski definition) is 0. The fraction of sp³-hybridized carbons (Fsp3) is 0.0667. The zero-order valence-corrected chi connectivity index (χ0v) is 11.1. The second-order valence-electron chi connectivity index (χ2n) is 4.02. The van der Waals surface area contributed by atoms with Gasteiger partial charge in [0.25, 0.3) is 0 Å². The lowest BCUT2D eigenvalue weighted by atomic mass is 10.1. The molecule has 19 heavy (non-hydrogen) atoms. The maximum atomic E-state index is 10.7. The van der Waals surface area contributed by atoms with E-state index in [1.165, 1.54) is 0 Å². The smallest absolute Gasteiger partial charge is 0.150 e. The van der Waals surface area contributed by atoms with E-state index in [4.69, 9.17) is 16.9 Å². The second kappa shape index (κ2) is 5.55. The number of halogens is 1. The van der Waals surface area contributed by atoms with Crippen LogP contribution in [0.1, 0.15) is 15.9 Å². The van der Waals surface area contributed by atoms with E-state index in [2.05, 4.69) is 6.07 Å². The van der Waals surface area contributed by atoms with Gasteiger partial charge in [0.1, 0.15) is 12.4 Å². The van der Waals surface area contributed by atoms with Crippen LogP contribution in [0.3, 0.4) is 0 Å². The molecule has 0 spiro atoms. The van der Waals surface area contributed by atoms with Crippen LogP contribution < -0.4 is 4.90 Å². The summed E-state index contributed by atoms with van der Waals surface area (Å²) in [5, 5.41) is 9.58. The molecule has 3 nitrogen and oxygen atoms in total. The normalized spacial score (nSPS) is 9.74. The van der Waals surface area contributed by atoms with Crippen LogP contribution in [-0.4, -0.2) is 13.3 Å². The predicted octanol–water partition coefficient (Wildman–Crippen LogP) is 3.79. The van der Waals surface area contributed by atoms with E-state index < -0.39 is 0 Å². The lowest BCUT2D eigenvalue weighted by molar-refractivity contribution is 0.112. The Morgan fingerprint density at radius 2 is 1.95 bits per heavy atom. The van der Waals surface area contributed by atoms with E-state index in [0.717, 1.165) is 17.7 Å². The van der Waals surface area contributed by atoms with Crippen molar-refractivity contribution >= 4 is 29.3 Å². The minimum Gasteiger partial charge on any atom is -0.342 e. The number of nitriles is 1. The van der Waals surface area contributed by atoms with Crippen LogP contribution in [0, 0.1) is 11.3 Å². The minimum atomic E-state index is 0.472. The van der Waals surface area contributed by atoms with E-state index in [9.17, 15) is 4.79 Å². The predicted molar refractivity (Wildman–Crippen MR) is 76.1 cm³/mol. The molecule has 0 unspecified atom stereocenters. The molecule has 0 aliphatic rings. The van der Waals surface area contributed by atoms with E-state index in [-0.39, 0.29) is 0 Å². The molecule has 4 heteroatoms. The Labute approximate surface area is 116 Å². The maximum Gasteiger partial charge on any atom is 0.150 e. The van der Waals surface area contributed by atoms with Crippen LogP contribution in [0.4, 0.5) is 11.4 Å². The van der Waals surface area contributed by atoms with Crippen molar-refractivity contribution in [3.05, 3.63) is 58.6 Å². The highest BCUT2D eigenvalue weighted by Crippen LogP contribution is 2.32. The Morgan fingerprint density at radius 3 is 2.58 bits per heavy atom. The first kappa shape index (κ1) is 13.1. The molecule has 0 aromatic heterocycles. The molecule has 2 aromatic carbocycles. The molecule has 0 atom stereocenters. The van der Waals surface area contributed by atoms with Crippen molar-refractivity contribution in [2.75, 3.05) is 11.9 Å². The van der Waals surface area contributed by atoms with Gasteiger partial charge < -0.3 is 4.90 Å². The summed E-state index contributed by atoms with van der Waals surface area (Å²) in [6.07, 6.45) is 0.749. The third kappa shape index (κ3) is 2.59. The molecule has 0 N–H and O–H groups in total. The molecule has 0 aliphatic carbocycles. The highest BCUT2D eigenvalue weighted by molar-refractivity contribution is 6.33. The van der Waals surface area contributed by atoms with Crippen molar-refractivity contribution in [2.24, 2.45) is 0 Å². The lowest BCUT2D eigenvalue weighted by Crippen LogP contribution is -2.11. The number of hydrogen-bond acceptors (Lipinski definition) is 3. The number of carbonyl (C=O) groups excluding carboxylic acids is 1. The van der Waals surface area contributed by atoms with Gasteiger partial charge in [0.15, 0.2) is 0 Å². The average Bonchev–Trinajstić information content (AvgIpc) is 2.46. The number of carbonyl (C=O) groups is 1. The van der Waals surface area contributed by atoms with Crippen LogP contribution in [0.2, 0.25) is 5.02 Å². The number of aldehydes is 1. The van der Waals surface area contributed by atoms with Crippen LogP contribution in [0.15, 0.2) is 42.5 Å². The zero-order valence-electron chi connectivity index (χ0n) is 10.3. The molecule has 0 bridgehead atoms. The largest absolute Gasteiger partial charge is 0.342 e. The molecule has 0 heterocycles. The fourth-order valence-electron chi connectivity index (χ4n) is 1.86. The molecule has 2 aromatic rings. The molecule has 0 fully saturated rings. The van der Waals surface area contributed by atoms with Crippen molar-refractivity contribution in [1.82, 2.24) is 0 Å². The Bertz CT molecular complexity index is 661. The molecule has 2 rings (SSSR count). The third-order valence-electron chi connectivity index (χ3n) is 2.86. The van der Waals surface area contributed by atoms with Gasteiger partial charge in [-0.15, -0.1) is 0 Å². The van der Waals surface area contributed by atoms with Gasteiger partial charge in [-0.3, -0.25) is 4.79 Å². The molecule has 0 amide bonds. The molecule has 0 aliphatic heterocycles. The van der Waals surface area contributed by atoms with Gasteiger partial charge in [-0.25, -0.2) is 0 Å². The minimum absolute atomic E-state index is 0.472. The summed E-state index contributed by atoms with van der Waals surface area (Å²) in [5.41, 5.74) is 2.61. The van der Waals surface area contributed by atoms with Crippen molar-refractivity contribution in [3.63, 3.8) is 0 Å². The molecule has 0 radical (unpaired) electrons. The molecular formula is C15H11ClN2O. The van der Waals surface area contributed by atoms with Crippen LogP contribution in [0.25, 0.3) is 0 Å². The van der Waals surface area contributed by atoms with E-state index in [0.29, 0.717) is 16.1 Å². The van der Waals surface area contributed by atoms with Gasteiger partial charge >= 0.3 is 0 Å². The number of anilines is 2. The van der Waals surface area contributed by atoms with Crippen molar-refractivity contribution < 1.29 is 4.79 Å². The zero-order chi connectivity index (χ0) is 13.8. The molecule has 0 saturated heterocycles. The Balaban J connectivity index is 2.47. The van der Waals surface area contributed by atoms with E-state index >= 15 is 0 Å². The van der Waals surface area contributed by atoms with Gasteiger partial charge in [-0.05, 0) is 30.3 Å². The van der Waals surface area contributed by atoms with Gasteiger partial charge in [0, 0.05) is 12.6 Å². The number of benzene rings is 2. The third-order valence-corrected chi connectivity index (χ3v) is 3.16. The first-order chi connectivity index (χ1) is 9.17. The maximum absolute atomic E-state index is 10.7. The first-order valence-corrected chi connectivity index (χ1v) is 6.02. The van der Waals surface area contributed by atoms with Crippen LogP contribution in [0.5, 0.6) is 0 Å². The monoisotopic (exact) mass is 270 g/mol. The number of nitrogens with zero attached hydrogens (tertiary/aromatic N) is 2. The average molecular weight is 271 g/mol. The summed E-state index contributed by atoms with van der Waals surface area (Å²) in [6.45, 7) is 0. The summed E-state index contributed by atoms with van der Waals surface area (Å²) in [5.74, 6) is 0. The number of para-hydroxylation sites is 1. The van der Waals surface area contributed by atoms with Crippen molar-refractivity contribution in [3.8, 4) is 6.07 Å². The SMILES string of the molecule is CN(c1ccc(C=O)cc1Cl)c1ccccc1C#N. The highest BCUT2D eigenvalue weighted by atomic mass is 35.5. The summed E-state index contributed by atoms with van der Waals surface area (Å²) in [4.78, 5) is 12.5. The van der Waals surface area contributed by atoms with Gasteiger partial charge in [0.05, 0.1) is 22.0 Å². The highest BCUT2D eigenvalue weighted by Gasteiger charge is 2.12. The Kier molecular flexibility index (Phi) is 3.84. The Hall–Kier alpha value is -2.31. The Morgan fingerprint density at radius 1 is 1.21 bits per heavy atom. The van der Waals surface area contributed by atoms with Crippen molar-refractivity contribution in [2.45, 2.75) is 0 Å². The molecule has 94 valence electrons. The quantitative estimate of drug-likeness (QED) is 0.797. The fourth-order valence-corrected chi connectivity index (χ4v) is 2.17. The lowest BCUT2D eigenvalue weighted by Gasteiger charge is -2.21. The van der Waals surface area contributed by atoms with Crippen molar-refractivity contribution in [1.29, 1.82) is 5.26 Å². The summed E-state index contributed by atoms with van der Waals surface area (Å²) >= 11 is 6.16. The standard InChI is InChI=1S/C15H11ClN2O/c1-18(14-5-3-2-4-12(14)9-17)15-7-6-11(10-19)8-13(15)16/h2-8,10H,1H3. The van der Waals surface area contributed by atoms with Crippen LogP contribution >= 0.6 is 11.6 Å². The summed E-state index contributed by atoms with van der Waals surface area (Å²) in [6, 6.07) is 14.5. The van der Waals surface area contributed by atoms with Gasteiger partial charge in [-0.2, -0.15) is 5.26 Å². The van der Waals surface area contributed by atoms with Gasteiger partial charge in [0.2, 0.25) is 0 Å². The van der Waals surface area contributed by atoms with Gasteiger partial charge in [-0.1, -0.05) is 23.7 Å². The summed E-state index contributed by atoms with van der Waals surface area (Å²) in [7, 11) is 1.83.